The zero-order valence-corrected chi connectivity index (χ0v) is 13.5. The van der Waals surface area contributed by atoms with Gasteiger partial charge in [-0.3, -0.25) is 9.80 Å². The van der Waals surface area contributed by atoms with Crippen molar-refractivity contribution in [1.29, 1.82) is 0 Å². The average Bonchev–Trinajstić information content (AvgIpc) is 2.50. The van der Waals surface area contributed by atoms with Crippen LogP contribution < -0.4 is 0 Å². The molecule has 0 aromatic heterocycles. The van der Waals surface area contributed by atoms with E-state index in [0.717, 1.165) is 71.0 Å². The van der Waals surface area contributed by atoms with Gasteiger partial charge < -0.3 is 14.9 Å². The van der Waals surface area contributed by atoms with Crippen molar-refractivity contribution in [1.82, 2.24) is 9.80 Å². The quantitative estimate of drug-likeness (QED) is 0.719. The molecule has 2 aliphatic rings. The number of morpholine rings is 1. The third kappa shape index (κ3) is 5.83. The summed E-state index contributed by atoms with van der Waals surface area (Å²) < 4.78 is 5.37. The highest BCUT2D eigenvalue weighted by atomic mass is 16.5. The van der Waals surface area contributed by atoms with Crippen LogP contribution in [0.5, 0.6) is 0 Å². The predicted octanol–water partition coefficient (Wildman–Crippen LogP) is 0.554. The van der Waals surface area contributed by atoms with Crippen molar-refractivity contribution < 1.29 is 14.9 Å². The molecule has 1 heterocycles. The van der Waals surface area contributed by atoms with Crippen LogP contribution in [0, 0.1) is 5.92 Å². The molecule has 0 aromatic rings. The van der Waals surface area contributed by atoms with Crippen LogP contribution >= 0.6 is 0 Å². The maximum absolute atomic E-state index is 10.8. The number of aliphatic hydroxyl groups is 2. The minimum absolute atomic E-state index is 0.162. The molecule has 0 unspecified atom stereocenters. The second-order valence-corrected chi connectivity index (χ2v) is 6.86. The number of nitrogens with zero attached hydrogens (tertiary/aromatic N) is 2. The molecule has 1 saturated carbocycles. The summed E-state index contributed by atoms with van der Waals surface area (Å²) >= 11 is 0. The van der Waals surface area contributed by atoms with Gasteiger partial charge in [0, 0.05) is 39.3 Å². The second-order valence-electron chi connectivity index (χ2n) is 6.86. The van der Waals surface area contributed by atoms with Gasteiger partial charge in [-0.25, -0.2) is 0 Å². The first kappa shape index (κ1) is 17.2. The SMILES string of the molecule is CC1CCC(O)(CN(CCO)CCN2CCOCC2)CC1. The summed E-state index contributed by atoms with van der Waals surface area (Å²) in [6, 6.07) is 0. The Morgan fingerprint density at radius 2 is 1.86 bits per heavy atom. The zero-order chi connectivity index (χ0) is 15.1. The Bertz CT molecular complexity index is 287. The van der Waals surface area contributed by atoms with E-state index in [2.05, 4.69) is 16.7 Å². The summed E-state index contributed by atoms with van der Waals surface area (Å²) in [4.78, 5) is 4.63. The lowest BCUT2D eigenvalue weighted by molar-refractivity contribution is -0.0405. The van der Waals surface area contributed by atoms with Crippen molar-refractivity contribution in [2.45, 2.75) is 38.2 Å². The van der Waals surface area contributed by atoms with Gasteiger partial charge in [0.25, 0.3) is 0 Å². The van der Waals surface area contributed by atoms with Gasteiger partial charge >= 0.3 is 0 Å². The van der Waals surface area contributed by atoms with E-state index in [9.17, 15) is 10.2 Å². The number of rotatable bonds is 7. The van der Waals surface area contributed by atoms with Crippen molar-refractivity contribution >= 4 is 0 Å². The van der Waals surface area contributed by atoms with Crippen molar-refractivity contribution in [2.75, 3.05) is 59.1 Å². The molecule has 1 aliphatic carbocycles. The molecule has 2 rings (SSSR count). The molecule has 124 valence electrons. The molecule has 0 bridgehead atoms. The van der Waals surface area contributed by atoms with E-state index in [1.807, 2.05) is 0 Å². The molecule has 0 atom stereocenters. The highest BCUT2D eigenvalue weighted by molar-refractivity contribution is 4.87. The molecular formula is C16H32N2O3. The van der Waals surface area contributed by atoms with Crippen LogP contribution in [0.15, 0.2) is 0 Å². The molecule has 21 heavy (non-hydrogen) atoms. The summed E-state index contributed by atoms with van der Waals surface area (Å²) in [5.74, 6) is 0.741. The third-order valence-electron chi connectivity index (χ3n) is 4.98. The molecule has 1 aliphatic heterocycles. The molecule has 5 nitrogen and oxygen atoms in total. The first-order valence-corrected chi connectivity index (χ1v) is 8.47. The van der Waals surface area contributed by atoms with Crippen LogP contribution in [-0.4, -0.2) is 84.7 Å². The fourth-order valence-electron chi connectivity index (χ4n) is 3.39. The molecular weight excluding hydrogens is 268 g/mol. The normalized spacial score (nSPS) is 31.7. The summed E-state index contributed by atoms with van der Waals surface area (Å²) in [5, 5.41) is 20.0. The van der Waals surface area contributed by atoms with Gasteiger partial charge in [-0.05, 0) is 31.6 Å². The number of hydrogen-bond acceptors (Lipinski definition) is 5. The van der Waals surface area contributed by atoms with E-state index in [0.29, 0.717) is 13.1 Å². The topological polar surface area (TPSA) is 56.2 Å². The van der Waals surface area contributed by atoms with Gasteiger partial charge in [0.1, 0.15) is 0 Å². The monoisotopic (exact) mass is 300 g/mol. The maximum atomic E-state index is 10.8. The highest BCUT2D eigenvalue weighted by Gasteiger charge is 2.33. The molecule has 2 fully saturated rings. The van der Waals surface area contributed by atoms with E-state index >= 15 is 0 Å². The molecule has 1 saturated heterocycles. The largest absolute Gasteiger partial charge is 0.395 e. The molecule has 0 spiro atoms. The Morgan fingerprint density at radius 1 is 1.19 bits per heavy atom. The van der Waals surface area contributed by atoms with E-state index in [4.69, 9.17) is 4.74 Å². The lowest BCUT2D eigenvalue weighted by Gasteiger charge is -2.39. The fourth-order valence-corrected chi connectivity index (χ4v) is 3.39. The smallest absolute Gasteiger partial charge is 0.0774 e. The summed E-state index contributed by atoms with van der Waals surface area (Å²) in [6.45, 7) is 9.33. The number of aliphatic hydroxyl groups excluding tert-OH is 1. The van der Waals surface area contributed by atoms with Crippen LogP contribution in [0.2, 0.25) is 0 Å². The Labute approximate surface area is 128 Å². The van der Waals surface area contributed by atoms with E-state index in [-0.39, 0.29) is 6.61 Å². The van der Waals surface area contributed by atoms with Crippen molar-refractivity contribution in [3.8, 4) is 0 Å². The van der Waals surface area contributed by atoms with Crippen LogP contribution in [0.25, 0.3) is 0 Å². The van der Waals surface area contributed by atoms with Crippen LogP contribution in [-0.2, 0) is 4.74 Å². The predicted molar refractivity (Wildman–Crippen MR) is 83.4 cm³/mol. The summed E-state index contributed by atoms with van der Waals surface area (Å²) in [5.41, 5.74) is -0.549. The Kier molecular flexibility index (Phi) is 6.89. The van der Waals surface area contributed by atoms with Gasteiger partial charge in [-0.1, -0.05) is 6.92 Å². The lowest BCUT2D eigenvalue weighted by Crippen LogP contribution is -2.49. The van der Waals surface area contributed by atoms with Crippen LogP contribution in [0.1, 0.15) is 32.6 Å². The molecule has 5 heteroatoms. The van der Waals surface area contributed by atoms with Gasteiger partial charge in [-0.15, -0.1) is 0 Å². The van der Waals surface area contributed by atoms with Gasteiger partial charge in [0.05, 0.1) is 25.4 Å². The Balaban J connectivity index is 1.77. The lowest BCUT2D eigenvalue weighted by atomic mass is 9.79. The minimum atomic E-state index is -0.549. The number of ether oxygens (including phenoxy) is 1. The van der Waals surface area contributed by atoms with Gasteiger partial charge in [-0.2, -0.15) is 0 Å². The molecule has 0 aromatic carbocycles. The van der Waals surface area contributed by atoms with E-state index in [1.54, 1.807) is 0 Å². The molecule has 0 radical (unpaired) electrons. The van der Waals surface area contributed by atoms with E-state index in [1.165, 1.54) is 0 Å². The maximum Gasteiger partial charge on any atom is 0.0774 e. The first-order chi connectivity index (χ1) is 10.1. The number of hydrogen-bond donors (Lipinski definition) is 2. The van der Waals surface area contributed by atoms with Crippen molar-refractivity contribution in [2.24, 2.45) is 5.92 Å². The summed E-state index contributed by atoms with van der Waals surface area (Å²) in [7, 11) is 0. The van der Waals surface area contributed by atoms with Crippen LogP contribution in [0.3, 0.4) is 0 Å². The Hall–Kier alpha value is -0.200. The zero-order valence-electron chi connectivity index (χ0n) is 13.5. The standard InChI is InChI=1S/C16H32N2O3/c1-15-2-4-16(20,5-3-15)14-18(8-11-19)7-6-17-9-12-21-13-10-17/h15,19-20H,2-14H2,1H3. The molecule has 0 amide bonds. The fraction of sp³-hybridized carbons (Fsp3) is 1.00. The first-order valence-electron chi connectivity index (χ1n) is 8.47. The Morgan fingerprint density at radius 3 is 2.48 bits per heavy atom. The summed E-state index contributed by atoms with van der Waals surface area (Å²) in [6.07, 6.45) is 4.03. The van der Waals surface area contributed by atoms with Crippen molar-refractivity contribution in [3.63, 3.8) is 0 Å². The minimum Gasteiger partial charge on any atom is -0.395 e. The van der Waals surface area contributed by atoms with Crippen LogP contribution in [0.4, 0.5) is 0 Å². The second kappa shape index (κ2) is 8.44. The van der Waals surface area contributed by atoms with Gasteiger partial charge in [0.2, 0.25) is 0 Å². The van der Waals surface area contributed by atoms with Gasteiger partial charge in [0.15, 0.2) is 0 Å². The average molecular weight is 300 g/mol. The van der Waals surface area contributed by atoms with Crippen molar-refractivity contribution in [3.05, 3.63) is 0 Å². The molecule has 2 N–H and O–H groups in total. The highest BCUT2D eigenvalue weighted by Crippen LogP contribution is 2.32. The third-order valence-corrected chi connectivity index (χ3v) is 4.98. The van der Waals surface area contributed by atoms with E-state index < -0.39 is 5.60 Å².